The van der Waals surface area contributed by atoms with E-state index < -0.39 is 0 Å². The molecule has 2 aromatic carbocycles. The second-order valence-electron chi connectivity index (χ2n) is 6.41. The number of rotatable bonds is 6. The van der Waals surface area contributed by atoms with E-state index in [1.807, 2.05) is 30.3 Å². The fourth-order valence-electron chi connectivity index (χ4n) is 2.94. The van der Waals surface area contributed by atoms with Gasteiger partial charge in [0.25, 0.3) is 0 Å². The van der Waals surface area contributed by atoms with E-state index in [9.17, 15) is 4.79 Å². The molecule has 140 valence electrons. The van der Waals surface area contributed by atoms with Crippen molar-refractivity contribution in [1.29, 1.82) is 5.26 Å². The molecule has 0 aliphatic carbocycles. The van der Waals surface area contributed by atoms with Crippen molar-refractivity contribution in [3.05, 3.63) is 65.7 Å². The lowest BCUT2D eigenvalue weighted by molar-refractivity contribution is 0.0827. The van der Waals surface area contributed by atoms with Gasteiger partial charge >= 0.3 is 6.09 Å². The third-order valence-corrected chi connectivity index (χ3v) is 4.44. The van der Waals surface area contributed by atoms with Gasteiger partial charge in [0.15, 0.2) is 0 Å². The number of carbonyl (C=O) groups excluding carboxylic acids is 1. The normalized spacial score (nSPS) is 16.4. The third kappa shape index (κ3) is 5.73. The van der Waals surface area contributed by atoms with Crippen LogP contribution in [0.15, 0.2) is 54.6 Å². The minimum atomic E-state index is -0.279. The Labute approximate surface area is 159 Å². The predicted octanol–water partition coefficient (Wildman–Crippen LogP) is 2.94. The van der Waals surface area contributed by atoms with E-state index in [2.05, 4.69) is 11.4 Å². The summed E-state index contributed by atoms with van der Waals surface area (Å²) in [6, 6.07) is 19.0. The smallest absolute Gasteiger partial charge is 0.410 e. The Hall–Kier alpha value is -3.04. The lowest BCUT2D eigenvalue weighted by Gasteiger charge is -2.33. The first-order valence-corrected chi connectivity index (χ1v) is 9.06. The molecule has 1 aliphatic rings. The summed E-state index contributed by atoms with van der Waals surface area (Å²) >= 11 is 0. The van der Waals surface area contributed by atoms with Crippen molar-refractivity contribution in [2.45, 2.75) is 19.1 Å². The maximum atomic E-state index is 12.3. The van der Waals surface area contributed by atoms with Crippen molar-refractivity contribution >= 4 is 6.09 Å². The Bertz CT molecular complexity index is 772. The molecule has 1 atom stereocenters. The number of piperazine rings is 1. The summed E-state index contributed by atoms with van der Waals surface area (Å²) in [5.74, 6) is 0.740. The van der Waals surface area contributed by atoms with Crippen LogP contribution >= 0.6 is 0 Å². The molecule has 0 radical (unpaired) electrons. The van der Waals surface area contributed by atoms with Crippen LogP contribution in [0.2, 0.25) is 0 Å². The van der Waals surface area contributed by atoms with Gasteiger partial charge in [-0.3, -0.25) is 0 Å². The van der Waals surface area contributed by atoms with Gasteiger partial charge in [-0.1, -0.05) is 30.3 Å². The SMILES string of the molecule is N#Cc1ccc(OCC[C@@H]2CN(C(=O)OCc3ccccc3)CCN2)cc1. The number of amides is 1. The predicted molar refractivity (Wildman–Crippen MR) is 101 cm³/mol. The van der Waals surface area contributed by atoms with Gasteiger partial charge < -0.3 is 19.7 Å². The van der Waals surface area contributed by atoms with Gasteiger partial charge in [0, 0.05) is 25.7 Å². The summed E-state index contributed by atoms with van der Waals surface area (Å²) in [5.41, 5.74) is 1.59. The summed E-state index contributed by atoms with van der Waals surface area (Å²) in [6.07, 6.45) is 0.501. The van der Waals surface area contributed by atoms with Gasteiger partial charge in [-0.15, -0.1) is 0 Å². The number of carbonyl (C=O) groups is 1. The molecular formula is C21H23N3O3. The summed E-state index contributed by atoms with van der Waals surface area (Å²) in [6.45, 7) is 2.81. The van der Waals surface area contributed by atoms with E-state index in [1.54, 1.807) is 29.2 Å². The Morgan fingerprint density at radius 1 is 1.19 bits per heavy atom. The van der Waals surface area contributed by atoms with Crippen LogP contribution in [0.25, 0.3) is 0 Å². The van der Waals surface area contributed by atoms with E-state index in [1.165, 1.54) is 0 Å². The Morgan fingerprint density at radius 2 is 1.96 bits per heavy atom. The standard InChI is InChI=1S/C21H23N3O3/c22-14-17-6-8-20(9-7-17)26-13-10-19-15-24(12-11-23-19)21(25)27-16-18-4-2-1-3-5-18/h1-9,19,23H,10-13,15-16H2/t19-/m1/s1. The van der Waals surface area contributed by atoms with E-state index in [0.717, 1.165) is 24.3 Å². The van der Waals surface area contributed by atoms with Crippen molar-refractivity contribution in [3.63, 3.8) is 0 Å². The maximum absolute atomic E-state index is 12.3. The molecule has 0 spiro atoms. The van der Waals surface area contributed by atoms with Crippen LogP contribution < -0.4 is 10.1 Å². The minimum Gasteiger partial charge on any atom is -0.494 e. The van der Waals surface area contributed by atoms with Crippen LogP contribution in [-0.4, -0.2) is 43.3 Å². The first kappa shape index (κ1) is 18.7. The molecule has 2 aromatic rings. The lowest BCUT2D eigenvalue weighted by Crippen LogP contribution is -2.53. The van der Waals surface area contributed by atoms with Crippen LogP contribution in [0, 0.1) is 11.3 Å². The molecule has 1 heterocycles. The van der Waals surface area contributed by atoms with E-state index in [-0.39, 0.29) is 18.7 Å². The number of nitrogens with one attached hydrogen (secondary N) is 1. The van der Waals surface area contributed by atoms with Gasteiger partial charge in [-0.2, -0.15) is 5.26 Å². The molecule has 1 saturated heterocycles. The molecule has 6 nitrogen and oxygen atoms in total. The van der Waals surface area contributed by atoms with Gasteiger partial charge in [-0.05, 0) is 36.2 Å². The zero-order chi connectivity index (χ0) is 18.9. The number of ether oxygens (including phenoxy) is 2. The highest BCUT2D eigenvalue weighted by molar-refractivity contribution is 5.67. The molecule has 0 bridgehead atoms. The summed E-state index contributed by atoms with van der Waals surface area (Å²) in [5, 5.41) is 12.2. The largest absolute Gasteiger partial charge is 0.494 e. The van der Waals surface area contributed by atoms with Crippen LogP contribution in [0.4, 0.5) is 4.79 Å². The lowest BCUT2D eigenvalue weighted by atomic mass is 10.1. The van der Waals surface area contributed by atoms with Gasteiger partial charge in [-0.25, -0.2) is 4.79 Å². The van der Waals surface area contributed by atoms with Crippen molar-refractivity contribution in [1.82, 2.24) is 10.2 Å². The van der Waals surface area contributed by atoms with Crippen molar-refractivity contribution in [2.24, 2.45) is 0 Å². The van der Waals surface area contributed by atoms with Crippen LogP contribution in [-0.2, 0) is 11.3 Å². The van der Waals surface area contributed by atoms with E-state index in [0.29, 0.717) is 25.3 Å². The van der Waals surface area contributed by atoms with Crippen molar-refractivity contribution < 1.29 is 14.3 Å². The summed E-state index contributed by atoms with van der Waals surface area (Å²) in [7, 11) is 0. The fourth-order valence-corrected chi connectivity index (χ4v) is 2.94. The number of nitrogens with zero attached hydrogens (tertiary/aromatic N) is 2. The molecule has 27 heavy (non-hydrogen) atoms. The second-order valence-corrected chi connectivity index (χ2v) is 6.41. The average molecular weight is 365 g/mol. The molecule has 6 heteroatoms. The molecule has 1 aliphatic heterocycles. The van der Waals surface area contributed by atoms with Gasteiger partial charge in [0.2, 0.25) is 0 Å². The number of nitriles is 1. The average Bonchev–Trinajstić information content (AvgIpc) is 2.73. The first-order valence-electron chi connectivity index (χ1n) is 9.06. The van der Waals surface area contributed by atoms with Crippen LogP contribution in [0.1, 0.15) is 17.5 Å². The Balaban J connectivity index is 1.40. The van der Waals surface area contributed by atoms with Gasteiger partial charge in [0.05, 0.1) is 18.2 Å². The Kier molecular flexibility index (Phi) is 6.66. The highest BCUT2D eigenvalue weighted by atomic mass is 16.6. The molecule has 0 aromatic heterocycles. The van der Waals surface area contributed by atoms with Crippen molar-refractivity contribution in [2.75, 3.05) is 26.2 Å². The van der Waals surface area contributed by atoms with Gasteiger partial charge in [0.1, 0.15) is 12.4 Å². The topological polar surface area (TPSA) is 74.6 Å². The zero-order valence-corrected chi connectivity index (χ0v) is 15.1. The molecule has 3 rings (SSSR count). The van der Waals surface area contributed by atoms with Crippen LogP contribution in [0.3, 0.4) is 0 Å². The fraction of sp³-hybridized carbons (Fsp3) is 0.333. The molecular weight excluding hydrogens is 342 g/mol. The molecule has 0 unspecified atom stereocenters. The first-order chi connectivity index (χ1) is 13.2. The summed E-state index contributed by atoms with van der Waals surface area (Å²) in [4.78, 5) is 14.0. The summed E-state index contributed by atoms with van der Waals surface area (Å²) < 4.78 is 11.1. The molecule has 1 fully saturated rings. The number of benzene rings is 2. The van der Waals surface area contributed by atoms with E-state index in [4.69, 9.17) is 14.7 Å². The zero-order valence-electron chi connectivity index (χ0n) is 15.1. The second kappa shape index (κ2) is 9.60. The minimum absolute atomic E-state index is 0.168. The molecule has 0 saturated carbocycles. The monoisotopic (exact) mass is 365 g/mol. The van der Waals surface area contributed by atoms with E-state index >= 15 is 0 Å². The number of hydrogen-bond donors (Lipinski definition) is 1. The maximum Gasteiger partial charge on any atom is 0.410 e. The molecule has 1 amide bonds. The highest BCUT2D eigenvalue weighted by Crippen LogP contribution is 2.13. The quantitative estimate of drug-likeness (QED) is 0.852. The Morgan fingerprint density at radius 3 is 2.70 bits per heavy atom. The highest BCUT2D eigenvalue weighted by Gasteiger charge is 2.24. The third-order valence-electron chi connectivity index (χ3n) is 4.44. The number of hydrogen-bond acceptors (Lipinski definition) is 5. The molecule has 1 N–H and O–H groups in total. The van der Waals surface area contributed by atoms with Crippen molar-refractivity contribution in [3.8, 4) is 11.8 Å². The van der Waals surface area contributed by atoms with Crippen LogP contribution in [0.5, 0.6) is 5.75 Å².